The Morgan fingerprint density at radius 1 is 1.05 bits per heavy atom. The zero-order chi connectivity index (χ0) is 27.2. The highest BCUT2D eigenvalue weighted by molar-refractivity contribution is 5.89. The third kappa shape index (κ3) is 5.24. The normalized spacial score (nSPS) is 45.0. The molecule has 38 heavy (non-hydrogen) atoms. The van der Waals surface area contributed by atoms with Gasteiger partial charge in [-0.25, -0.2) is 4.79 Å². The molecular weight excluding hydrogens is 500 g/mol. The molecule has 0 aromatic heterocycles. The summed E-state index contributed by atoms with van der Waals surface area (Å²) < 4.78 is 22.4. The van der Waals surface area contributed by atoms with Gasteiger partial charge in [-0.05, 0) is 63.2 Å². The lowest BCUT2D eigenvalue weighted by atomic mass is 9.50. The van der Waals surface area contributed by atoms with Crippen LogP contribution in [0.1, 0.15) is 51.9 Å². The molecule has 0 radical (unpaired) electrons. The lowest BCUT2D eigenvalue weighted by molar-refractivity contribution is -0.327. The molecule has 2 aliphatic heterocycles. The molecule has 0 spiro atoms. The van der Waals surface area contributed by atoms with E-state index in [0.717, 1.165) is 25.5 Å². The van der Waals surface area contributed by atoms with E-state index in [9.17, 15) is 35.1 Å². The Hall–Kier alpha value is -2.02. The van der Waals surface area contributed by atoms with Crippen molar-refractivity contribution in [3.63, 3.8) is 0 Å². The van der Waals surface area contributed by atoms with Crippen molar-refractivity contribution in [2.75, 3.05) is 13.2 Å². The first-order valence-electron chi connectivity index (χ1n) is 13.5. The fourth-order valence-electron chi connectivity index (χ4n) is 7.74. The summed E-state index contributed by atoms with van der Waals surface area (Å²) in [6.45, 7) is 1.36. The number of carboxylic acid groups (broad SMARTS) is 1. The number of esters is 1. The minimum Gasteiger partial charge on any atom is -0.478 e. The number of carbonyl (C=O) groups is 2. The number of carbonyl (C=O) groups excluding carboxylic acids is 1. The van der Waals surface area contributed by atoms with Crippen molar-refractivity contribution in [2.24, 2.45) is 29.1 Å². The van der Waals surface area contributed by atoms with Gasteiger partial charge in [0.05, 0.1) is 31.5 Å². The molecule has 7 atom stereocenters. The van der Waals surface area contributed by atoms with Crippen molar-refractivity contribution >= 4 is 11.9 Å². The van der Waals surface area contributed by atoms with Gasteiger partial charge in [0, 0.05) is 16.9 Å². The Labute approximate surface area is 221 Å². The number of hydrogen-bond donors (Lipinski definition) is 5. The number of aliphatic hydroxyl groups excluding tert-OH is 4. The standard InChI is InChI=1S/C27H38O11/c1-2-16-17(6-20(29)36-12-27-7-13-3-14(8-27)5-15(4-13)9-27)18(24(33)34)11-35-25(16)38-26-23(32)22(31)21(30)19(10-28)37-26/h2,11,13-15,17,19,21-23,25-26,28,30-32H,3-10,12H2,1H3,(H,33,34)/b16-2+/t13?,14?,15?,17-,19+,21+,22-,23+,25-,26-,27?/m0/s1. The van der Waals surface area contributed by atoms with Crippen LogP contribution in [0.25, 0.3) is 0 Å². The van der Waals surface area contributed by atoms with Crippen LogP contribution in [-0.2, 0) is 28.5 Å². The van der Waals surface area contributed by atoms with E-state index in [1.807, 2.05) is 0 Å². The molecule has 2 heterocycles. The van der Waals surface area contributed by atoms with Crippen LogP contribution in [0.15, 0.2) is 23.5 Å². The summed E-state index contributed by atoms with van der Waals surface area (Å²) in [5, 5.41) is 49.7. The summed E-state index contributed by atoms with van der Waals surface area (Å²) in [7, 11) is 0. The highest BCUT2D eigenvalue weighted by atomic mass is 16.8. The molecule has 11 heteroatoms. The summed E-state index contributed by atoms with van der Waals surface area (Å²) in [5.41, 5.74) is 0.205. The summed E-state index contributed by atoms with van der Waals surface area (Å²) in [5.74, 6) is -0.531. The van der Waals surface area contributed by atoms with Gasteiger partial charge < -0.3 is 44.5 Å². The Morgan fingerprint density at radius 3 is 2.24 bits per heavy atom. The van der Waals surface area contributed by atoms with E-state index in [0.29, 0.717) is 29.9 Å². The van der Waals surface area contributed by atoms with Gasteiger partial charge in [-0.2, -0.15) is 0 Å². The van der Waals surface area contributed by atoms with Crippen molar-refractivity contribution in [1.82, 2.24) is 0 Å². The predicted octanol–water partition coefficient (Wildman–Crippen LogP) is 0.840. The van der Waals surface area contributed by atoms with Gasteiger partial charge in [0.15, 0.2) is 6.29 Å². The van der Waals surface area contributed by atoms with E-state index in [1.54, 1.807) is 13.0 Å². The zero-order valence-corrected chi connectivity index (χ0v) is 21.5. The van der Waals surface area contributed by atoms with E-state index in [1.165, 1.54) is 19.3 Å². The van der Waals surface area contributed by atoms with Crippen LogP contribution < -0.4 is 0 Å². The van der Waals surface area contributed by atoms with E-state index < -0.39 is 61.5 Å². The average molecular weight is 539 g/mol. The Kier molecular flexibility index (Phi) is 7.87. The van der Waals surface area contributed by atoms with Gasteiger partial charge >= 0.3 is 11.9 Å². The fourth-order valence-corrected chi connectivity index (χ4v) is 7.74. The lowest BCUT2D eigenvalue weighted by Gasteiger charge is -2.56. The van der Waals surface area contributed by atoms with Gasteiger partial charge in [0.1, 0.15) is 24.4 Å². The van der Waals surface area contributed by atoms with E-state index in [4.69, 9.17) is 18.9 Å². The minimum atomic E-state index is -1.66. The van der Waals surface area contributed by atoms with E-state index >= 15 is 0 Å². The van der Waals surface area contributed by atoms with Crippen molar-refractivity contribution in [3.8, 4) is 0 Å². The first kappa shape index (κ1) is 27.5. The number of aliphatic hydroxyl groups is 4. The molecule has 6 aliphatic rings. The predicted molar refractivity (Wildman–Crippen MR) is 129 cm³/mol. The van der Waals surface area contributed by atoms with Crippen LogP contribution in [-0.4, -0.2) is 87.7 Å². The third-order valence-electron chi connectivity index (χ3n) is 9.13. The maximum atomic E-state index is 13.0. The third-order valence-corrected chi connectivity index (χ3v) is 9.13. The summed E-state index contributed by atoms with van der Waals surface area (Å²) in [6, 6.07) is 0. The van der Waals surface area contributed by atoms with Crippen LogP contribution in [0.2, 0.25) is 0 Å². The summed E-state index contributed by atoms with van der Waals surface area (Å²) in [4.78, 5) is 25.0. The average Bonchev–Trinajstić information content (AvgIpc) is 2.87. The Morgan fingerprint density at radius 2 is 1.68 bits per heavy atom. The first-order chi connectivity index (χ1) is 18.1. The molecular formula is C27H38O11. The van der Waals surface area contributed by atoms with Crippen LogP contribution >= 0.6 is 0 Å². The largest absolute Gasteiger partial charge is 0.478 e. The number of ether oxygens (including phenoxy) is 4. The molecule has 0 amide bonds. The number of allylic oxidation sites excluding steroid dienone is 1. The molecule has 4 bridgehead atoms. The first-order valence-corrected chi connectivity index (χ1v) is 13.5. The Bertz CT molecular complexity index is 937. The molecule has 5 N–H and O–H groups in total. The SMILES string of the molecule is C/C=C1/[C@H](O[C@@H]2O[C@H](CO)[C@@H](O)[C@H](O)[C@H]2O)OC=C(C(=O)O)[C@H]1CC(=O)OCC12CC3CC(CC(C3)C1)C2. The molecule has 0 aromatic carbocycles. The van der Waals surface area contributed by atoms with Crippen LogP contribution in [0.5, 0.6) is 0 Å². The molecule has 11 nitrogen and oxygen atoms in total. The van der Waals surface area contributed by atoms with Crippen LogP contribution in [0, 0.1) is 29.1 Å². The highest BCUT2D eigenvalue weighted by Gasteiger charge is 2.52. The van der Waals surface area contributed by atoms with Gasteiger partial charge in [-0.15, -0.1) is 0 Å². The van der Waals surface area contributed by atoms with Gasteiger partial charge in [0.2, 0.25) is 6.29 Å². The molecule has 5 fully saturated rings. The molecule has 0 aromatic rings. The molecule has 4 saturated carbocycles. The summed E-state index contributed by atoms with van der Waals surface area (Å²) in [6.07, 6.45) is 0.635. The number of carboxylic acids is 1. The maximum Gasteiger partial charge on any atom is 0.335 e. The van der Waals surface area contributed by atoms with E-state index in [2.05, 4.69) is 0 Å². The van der Waals surface area contributed by atoms with Crippen molar-refractivity contribution in [1.29, 1.82) is 0 Å². The van der Waals surface area contributed by atoms with Gasteiger partial charge in [0.25, 0.3) is 0 Å². The Balaban J connectivity index is 1.26. The minimum absolute atomic E-state index is 0.0315. The zero-order valence-electron chi connectivity index (χ0n) is 21.5. The molecule has 6 rings (SSSR count). The smallest absolute Gasteiger partial charge is 0.335 e. The second kappa shape index (κ2) is 10.9. The van der Waals surface area contributed by atoms with Crippen LogP contribution in [0.4, 0.5) is 0 Å². The lowest BCUT2D eigenvalue weighted by Crippen LogP contribution is -2.60. The van der Waals surface area contributed by atoms with E-state index in [-0.39, 0.29) is 17.4 Å². The second-order valence-electron chi connectivity index (χ2n) is 11.8. The summed E-state index contributed by atoms with van der Waals surface area (Å²) >= 11 is 0. The number of aliphatic carboxylic acids is 1. The topological polar surface area (TPSA) is 172 Å². The molecule has 1 saturated heterocycles. The number of hydrogen-bond acceptors (Lipinski definition) is 10. The number of rotatable bonds is 8. The van der Waals surface area contributed by atoms with Crippen molar-refractivity contribution in [3.05, 3.63) is 23.5 Å². The van der Waals surface area contributed by atoms with Crippen LogP contribution in [0.3, 0.4) is 0 Å². The molecule has 0 unspecified atom stereocenters. The van der Waals surface area contributed by atoms with Gasteiger partial charge in [-0.3, -0.25) is 4.79 Å². The fraction of sp³-hybridized carbons (Fsp3) is 0.778. The monoisotopic (exact) mass is 538 g/mol. The molecule has 4 aliphatic carbocycles. The quantitative estimate of drug-likeness (QED) is 0.219. The second-order valence-corrected chi connectivity index (χ2v) is 11.8. The maximum absolute atomic E-state index is 13.0. The van der Waals surface area contributed by atoms with Crippen molar-refractivity contribution in [2.45, 2.75) is 88.9 Å². The molecule has 212 valence electrons. The van der Waals surface area contributed by atoms with Gasteiger partial charge in [-0.1, -0.05) is 6.08 Å². The van der Waals surface area contributed by atoms with Crippen molar-refractivity contribution < 1.29 is 54.1 Å². The highest BCUT2D eigenvalue weighted by Crippen LogP contribution is 2.60.